The average Bonchev–Trinajstić information content (AvgIpc) is 2.84. The van der Waals surface area contributed by atoms with E-state index in [1.165, 1.54) is 6.07 Å². The molecular formula is C28H27FNO3+. The minimum Gasteiger partial charge on any atom is -0.489 e. The molecule has 1 fully saturated rings. The molecule has 33 heavy (non-hydrogen) atoms. The number of allylic oxidation sites excluding steroid dienone is 1. The standard InChI is InChI=1S/C28H27FNO3/c1-19-15-22(7-10-26(19)29)27-25-9-8-24(33-18-20-5-3-2-4-6-20)16-23(25)17-30(31)28(27)21-11-13-32-14-12-21/h2-10,15-16,21H,11-14,17-18H2,1H3/q+1. The second kappa shape index (κ2) is 9.28. The number of nitroso groups, excluding NO2 is 1. The van der Waals surface area contributed by atoms with Crippen LogP contribution < -0.4 is 4.74 Å². The minimum atomic E-state index is -0.244. The molecule has 0 spiro atoms. The van der Waals surface area contributed by atoms with Gasteiger partial charge in [-0.3, -0.25) is 0 Å². The highest BCUT2D eigenvalue weighted by Crippen LogP contribution is 2.41. The lowest BCUT2D eigenvalue weighted by molar-refractivity contribution is -0.524. The SMILES string of the molecule is Cc1cc(C2=C(C3CCOCC3)[N+](=O)Cc3cc(OCc4ccccc4)ccc32)ccc1F. The Hall–Kier alpha value is -3.31. The zero-order valence-electron chi connectivity index (χ0n) is 18.7. The molecule has 5 heteroatoms. The monoisotopic (exact) mass is 444 g/mol. The van der Waals surface area contributed by atoms with Crippen LogP contribution in [0.1, 0.15) is 40.7 Å². The molecule has 2 heterocycles. The van der Waals surface area contributed by atoms with Gasteiger partial charge in [0.25, 0.3) is 0 Å². The molecule has 5 rings (SSSR count). The Morgan fingerprint density at radius 1 is 1.03 bits per heavy atom. The number of rotatable bonds is 5. The summed E-state index contributed by atoms with van der Waals surface area (Å²) in [5.74, 6) is 0.612. The fourth-order valence-electron chi connectivity index (χ4n) is 4.76. The molecule has 0 unspecified atom stereocenters. The summed E-state index contributed by atoms with van der Waals surface area (Å²) in [6.07, 6.45) is 1.62. The second-order valence-electron chi connectivity index (χ2n) is 8.74. The molecule has 2 aliphatic heterocycles. The van der Waals surface area contributed by atoms with Gasteiger partial charge in [0.2, 0.25) is 12.2 Å². The molecule has 168 valence electrons. The molecule has 0 aliphatic carbocycles. The summed E-state index contributed by atoms with van der Waals surface area (Å²) in [4.78, 5) is 13.4. The van der Waals surface area contributed by atoms with Crippen LogP contribution in [0.2, 0.25) is 0 Å². The number of hydrogen-bond donors (Lipinski definition) is 0. The van der Waals surface area contributed by atoms with Crippen LogP contribution in [0.5, 0.6) is 5.75 Å². The third-order valence-corrected chi connectivity index (χ3v) is 6.49. The third-order valence-electron chi connectivity index (χ3n) is 6.49. The lowest BCUT2D eigenvalue weighted by Gasteiger charge is -2.25. The Morgan fingerprint density at radius 2 is 1.82 bits per heavy atom. The Labute approximate surface area is 193 Å². The van der Waals surface area contributed by atoms with Gasteiger partial charge in [-0.1, -0.05) is 36.4 Å². The normalized spacial score (nSPS) is 16.6. The quantitative estimate of drug-likeness (QED) is 0.440. The van der Waals surface area contributed by atoms with Gasteiger partial charge in [0, 0.05) is 28.4 Å². The van der Waals surface area contributed by atoms with Crippen LogP contribution in [-0.2, 0) is 17.9 Å². The van der Waals surface area contributed by atoms with Gasteiger partial charge in [0.15, 0.2) is 0 Å². The van der Waals surface area contributed by atoms with E-state index in [-0.39, 0.29) is 18.3 Å². The fraction of sp³-hybridized carbons (Fsp3) is 0.286. The van der Waals surface area contributed by atoms with Gasteiger partial charge >= 0.3 is 0 Å². The van der Waals surface area contributed by atoms with Crippen LogP contribution in [0.15, 0.2) is 72.4 Å². The van der Waals surface area contributed by atoms with Crippen molar-refractivity contribution < 1.29 is 18.6 Å². The first-order chi connectivity index (χ1) is 16.1. The van der Waals surface area contributed by atoms with Gasteiger partial charge in [-0.05, 0) is 72.4 Å². The van der Waals surface area contributed by atoms with Crippen molar-refractivity contribution >= 4 is 5.57 Å². The highest BCUT2D eigenvalue weighted by atomic mass is 19.1. The summed E-state index contributed by atoms with van der Waals surface area (Å²) in [6, 6.07) is 21.1. The molecule has 3 aromatic carbocycles. The van der Waals surface area contributed by atoms with Gasteiger partial charge in [-0.25, -0.2) is 4.39 Å². The Bertz CT molecular complexity index is 1210. The number of hydrogen-bond acceptors (Lipinski definition) is 3. The van der Waals surface area contributed by atoms with E-state index in [4.69, 9.17) is 9.47 Å². The number of benzene rings is 3. The van der Waals surface area contributed by atoms with Crippen molar-refractivity contribution in [2.24, 2.45) is 5.92 Å². The molecule has 0 aromatic heterocycles. The first kappa shape index (κ1) is 21.5. The van der Waals surface area contributed by atoms with Gasteiger partial charge in [0.05, 0.1) is 11.5 Å². The summed E-state index contributed by atoms with van der Waals surface area (Å²) >= 11 is 0. The molecule has 1 saturated heterocycles. The van der Waals surface area contributed by atoms with Gasteiger partial charge in [0.1, 0.15) is 18.2 Å². The molecule has 0 amide bonds. The smallest absolute Gasteiger partial charge is 0.244 e. The maximum absolute atomic E-state index is 14.0. The molecule has 4 nitrogen and oxygen atoms in total. The molecule has 0 N–H and O–H groups in total. The number of ether oxygens (including phenoxy) is 2. The van der Waals surface area contributed by atoms with E-state index in [1.807, 2.05) is 54.6 Å². The maximum Gasteiger partial charge on any atom is 0.244 e. The van der Waals surface area contributed by atoms with E-state index < -0.39 is 0 Å². The molecule has 0 saturated carbocycles. The fourth-order valence-corrected chi connectivity index (χ4v) is 4.76. The summed E-state index contributed by atoms with van der Waals surface area (Å²) in [5, 5.41) is 0. The van der Waals surface area contributed by atoms with Crippen molar-refractivity contribution in [1.29, 1.82) is 0 Å². The summed E-state index contributed by atoms with van der Waals surface area (Å²) in [6.45, 7) is 3.79. The summed E-state index contributed by atoms with van der Waals surface area (Å²) in [7, 11) is 0. The Kier molecular flexibility index (Phi) is 6.05. The predicted octanol–water partition coefficient (Wildman–Crippen LogP) is 6.19. The number of fused-ring (bicyclic) bond motifs is 1. The van der Waals surface area contributed by atoms with Gasteiger partial charge in [-0.15, -0.1) is 0 Å². The molecule has 3 aromatic rings. The van der Waals surface area contributed by atoms with E-state index in [0.717, 1.165) is 56.9 Å². The van der Waals surface area contributed by atoms with E-state index in [2.05, 4.69) is 0 Å². The zero-order valence-corrected chi connectivity index (χ0v) is 18.7. The van der Waals surface area contributed by atoms with Crippen molar-refractivity contribution in [2.75, 3.05) is 13.2 Å². The zero-order chi connectivity index (χ0) is 22.8. The molecule has 0 atom stereocenters. The highest BCUT2D eigenvalue weighted by molar-refractivity contribution is 5.84. The van der Waals surface area contributed by atoms with Gasteiger partial charge in [-0.2, -0.15) is 0 Å². The Morgan fingerprint density at radius 3 is 2.58 bits per heavy atom. The van der Waals surface area contributed by atoms with E-state index in [0.29, 0.717) is 25.4 Å². The molecule has 0 bridgehead atoms. The number of halogens is 1. The van der Waals surface area contributed by atoms with Crippen molar-refractivity contribution in [2.45, 2.75) is 32.9 Å². The van der Waals surface area contributed by atoms with Crippen molar-refractivity contribution in [3.8, 4) is 5.75 Å². The van der Waals surface area contributed by atoms with Crippen LogP contribution in [-0.4, -0.2) is 18.0 Å². The number of aryl methyl sites for hydroxylation is 1. The van der Waals surface area contributed by atoms with Crippen molar-refractivity contribution in [1.82, 2.24) is 0 Å². The maximum atomic E-state index is 14.0. The molecule has 2 aliphatic rings. The minimum absolute atomic E-state index is 0.124. The first-order valence-corrected chi connectivity index (χ1v) is 11.4. The Balaban J connectivity index is 1.56. The van der Waals surface area contributed by atoms with E-state index in [9.17, 15) is 9.30 Å². The van der Waals surface area contributed by atoms with Crippen LogP contribution in [0.3, 0.4) is 0 Å². The third kappa shape index (κ3) is 4.46. The molecular weight excluding hydrogens is 417 g/mol. The van der Waals surface area contributed by atoms with Crippen molar-refractivity contribution in [3.63, 3.8) is 0 Å². The van der Waals surface area contributed by atoms with Crippen molar-refractivity contribution in [3.05, 3.63) is 111 Å². The first-order valence-electron chi connectivity index (χ1n) is 11.4. The summed E-state index contributed by atoms with van der Waals surface area (Å²) in [5.41, 5.74) is 6.15. The highest BCUT2D eigenvalue weighted by Gasteiger charge is 2.39. The van der Waals surface area contributed by atoms with E-state index in [1.54, 1.807) is 13.0 Å². The lowest BCUT2D eigenvalue weighted by Crippen LogP contribution is -2.27. The predicted molar refractivity (Wildman–Crippen MR) is 125 cm³/mol. The second-order valence-corrected chi connectivity index (χ2v) is 8.74. The molecule has 0 radical (unpaired) electrons. The topological polar surface area (TPSA) is 38.5 Å². The van der Waals surface area contributed by atoms with Crippen LogP contribution in [0.4, 0.5) is 4.39 Å². The number of nitrogens with zero attached hydrogens (tertiary/aromatic N) is 1. The van der Waals surface area contributed by atoms with Crippen LogP contribution >= 0.6 is 0 Å². The van der Waals surface area contributed by atoms with Gasteiger partial charge < -0.3 is 9.47 Å². The van der Waals surface area contributed by atoms with Crippen LogP contribution in [0.25, 0.3) is 5.57 Å². The lowest BCUT2D eigenvalue weighted by atomic mass is 9.82. The largest absolute Gasteiger partial charge is 0.489 e. The van der Waals surface area contributed by atoms with E-state index >= 15 is 0 Å². The average molecular weight is 445 g/mol. The van der Waals surface area contributed by atoms with Crippen LogP contribution in [0, 0.1) is 23.6 Å². The summed E-state index contributed by atoms with van der Waals surface area (Å²) < 4.78 is 26.7.